The summed E-state index contributed by atoms with van der Waals surface area (Å²) in [4.78, 5) is 0. The number of phenolic OH excluding ortho intramolecular Hbond substituents is 2. The normalized spacial score (nSPS) is 11.1. The highest BCUT2D eigenvalue weighted by Crippen LogP contribution is 2.36. The lowest BCUT2D eigenvalue weighted by atomic mass is 10.0. The van der Waals surface area contributed by atoms with Crippen LogP contribution in [0.3, 0.4) is 0 Å². The zero-order chi connectivity index (χ0) is 14.1. The summed E-state index contributed by atoms with van der Waals surface area (Å²) in [5, 5.41) is 20.0. The van der Waals surface area contributed by atoms with Gasteiger partial charge >= 0.3 is 0 Å². The highest BCUT2D eigenvalue weighted by atomic mass is 16.3. The average molecular weight is 268 g/mol. The van der Waals surface area contributed by atoms with Crippen molar-refractivity contribution in [3.05, 3.63) is 48.0 Å². The molecule has 0 fully saturated rings. The lowest BCUT2D eigenvalue weighted by Gasteiger charge is -2.02. The lowest BCUT2D eigenvalue weighted by molar-refractivity contribution is 0.475. The van der Waals surface area contributed by atoms with E-state index in [0.717, 1.165) is 40.7 Å². The summed E-state index contributed by atoms with van der Waals surface area (Å²) in [6.45, 7) is 2.11. The van der Waals surface area contributed by atoms with E-state index in [1.54, 1.807) is 30.3 Å². The molecule has 3 heteroatoms. The van der Waals surface area contributed by atoms with Crippen LogP contribution in [0.15, 0.2) is 46.9 Å². The third kappa shape index (κ3) is 2.11. The molecule has 3 aromatic rings. The monoisotopic (exact) mass is 268 g/mol. The molecule has 0 aliphatic carbocycles. The Hall–Kier alpha value is -2.42. The minimum atomic E-state index is 0.236. The summed E-state index contributed by atoms with van der Waals surface area (Å²) in [5.74, 6) is 1.29. The predicted molar refractivity (Wildman–Crippen MR) is 79.0 cm³/mol. The van der Waals surface area contributed by atoms with Crippen LogP contribution in [0.1, 0.15) is 18.9 Å². The maximum atomic E-state index is 9.66. The molecule has 2 aromatic carbocycles. The van der Waals surface area contributed by atoms with Gasteiger partial charge in [0.05, 0.1) is 0 Å². The van der Waals surface area contributed by atoms with E-state index in [1.165, 1.54) is 0 Å². The number of phenols is 2. The van der Waals surface area contributed by atoms with Crippen molar-refractivity contribution >= 4 is 11.0 Å². The molecule has 0 atom stereocenters. The van der Waals surface area contributed by atoms with Gasteiger partial charge in [0.15, 0.2) is 0 Å². The molecule has 0 bridgehead atoms. The molecule has 0 saturated heterocycles. The summed E-state index contributed by atoms with van der Waals surface area (Å²) in [7, 11) is 0. The van der Waals surface area contributed by atoms with Crippen molar-refractivity contribution in [2.45, 2.75) is 19.8 Å². The van der Waals surface area contributed by atoms with Crippen molar-refractivity contribution in [3.8, 4) is 22.8 Å². The van der Waals surface area contributed by atoms with Gasteiger partial charge in [0.25, 0.3) is 0 Å². The Balaban J connectivity index is 2.23. The van der Waals surface area contributed by atoms with Gasteiger partial charge in [0, 0.05) is 16.5 Å². The van der Waals surface area contributed by atoms with E-state index < -0.39 is 0 Å². The van der Waals surface area contributed by atoms with Crippen LogP contribution in [0.2, 0.25) is 0 Å². The topological polar surface area (TPSA) is 53.6 Å². The number of aryl methyl sites for hydroxylation is 1. The molecule has 1 heterocycles. The van der Waals surface area contributed by atoms with Crippen LogP contribution in [-0.4, -0.2) is 10.2 Å². The Labute approximate surface area is 117 Å². The molecule has 1 aromatic heterocycles. The van der Waals surface area contributed by atoms with E-state index in [0.29, 0.717) is 0 Å². The van der Waals surface area contributed by atoms with Crippen LogP contribution in [0, 0.1) is 0 Å². The van der Waals surface area contributed by atoms with E-state index >= 15 is 0 Å². The van der Waals surface area contributed by atoms with E-state index in [9.17, 15) is 10.2 Å². The van der Waals surface area contributed by atoms with Crippen LogP contribution >= 0.6 is 0 Å². The first kappa shape index (κ1) is 12.6. The Bertz CT molecular complexity index is 739. The zero-order valence-electron chi connectivity index (χ0n) is 11.3. The quantitative estimate of drug-likeness (QED) is 0.737. The van der Waals surface area contributed by atoms with E-state index in [1.807, 2.05) is 12.1 Å². The van der Waals surface area contributed by atoms with Gasteiger partial charge in [0.1, 0.15) is 22.8 Å². The van der Waals surface area contributed by atoms with Gasteiger partial charge in [-0.3, -0.25) is 0 Å². The van der Waals surface area contributed by atoms with Gasteiger partial charge in [-0.1, -0.05) is 13.3 Å². The zero-order valence-corrected chi connectivity index (χ0v) is 11.3. The molecule has 102 valence electrons. The fraction of sp³-hybridized carbons (Fsp3) is 0.176. The summed E-state index contributed by atoms with van der Waals surface area (Å²) in [6.07, 6.45) is 1.88. The third-order valence-corrected chi connectivity index (χ3v) is 3.40. The Kier molecular flexibility index (Phi) is 3.11. The molecule has 0 saturated carbocycles. The second-order valence-corrected chi connectivity index (χ2v) is 4.89. The van der Waals surface area contributed by atoms with Gasteiger partial charge in [-0.25, -0.2) is 0 Å². The van der Waals surface area contributed by atoms with E-state index in [4.69, 9.17) is 4.42 Å². The summed E-state index contributed by atoms with van der Waals surface area (Å²) >= 11 is 0. The standard InChI is InChI=1S/C17H16O3/c1-2-3-14-15-10-13(19)8-9-16(15)20-17(14)11-4-6-12(18)7-5-11/h4-10,18-19H,2-3H2,1H3. The number of hydrogen-bond donors (Lipinski definition) is 2. The summed E-state index contributed by atoms with van der Waals surface area (Å²) < 4.78 is 5.94. The van der Waals surface area contributed by atoms with Crippen LogP contribution in [-0.2, 0) is 6.42 Å². The number of benzene rings is 2. The van der Waals surface area contributed by atoms with Crippen molar-refractivity contribution < 1.29 is 14.6 Å². The van der Waals surface area contributed by atoms with Gasteiger partial charge in [-0.2, -0.15) is 0 Å². The number of fused-ring (bicyclic) bond motifs is 1. The van der Waals surface area contributed by atoms with Crippen molar-refractivity contribution in [2.75, 3.05) is 0 Å². The maximum absolute atomic E-state index is 9.66. The first-order chi connectivity index (χ1) is 9.69. The molecule has 0 unspecified atom stereocenters. The molecule has 0 spiro atoms. The molecule has 2 N–H and O–H groups in total. The van der Waals surface area contributed by atoms with Gasteiger partial charge in [0.2, 0.25) is 0 Å². The molecule has 3 rings (SSSR count). The molecule has 0 radical (unpaired) electrons. The van der Waals surface area contributed by atoms with Crippen LogP contribution in [0.4, 0.5) is 0 Å². The van der Waals surface area contributed by atoms with Crippen molar-refractivity contribution in [2.24, 2.45) is 0 Å². The SMILES string of the molecule is CCCc1c(-c2ccc(O)cc2)oc2ccc(O)cc12. The van der Waals surface area contributed by atoms with Crippen LogP contribution in [0.5, 0.6) is 11.5 Å². The minimum Gasteiger partial charge on any atom is -0.508 e. The molecule has 3 nitrogen and oxygen atoms in total. The molecular weight excluding hydrogens is 252 g/mol. The maximum Gasteiger partial charge on any atom is 0.138 e. The third-order valence-electron chi connectivity index (χ3n) is 3.40. The molecular formula is C17H16O3. The van der Waals surface area contributed by atoms with Crippen molar-refractivity contribution in [1.29, 1.82) is 0 Å². The molecule has 0 aliphatic rings. The number of hydrogen-bond acceptors (Lipinski definition) is 3. The van der Waals surface area contributed by atoms with Crippen LogP contribution in [0.25, 0.3) is 22.3 Å². The summed E-state index contributed by atoms with van der Waals surface area (Å²) in [5.41, 5.74) is 2.81. The second-order valence-electron chi connectivity index (χ2n) is 4.89. The predicted octanol–water partition coefficient (Wildman–Crippen LogP) is 4.46. The first-order valence-electron chi connectivity index (χ1n) is 6.73. The molecule has 0 amide bonds. The number of rotatable bonds is 3. The van der Waals surface area contributed by atoms with E-state index in [-0.39, 0.29) is 11.5 Å². The van der Waals surface area contributed by atoms with Gasteiger partial charge < -0.3 is 14.6 Å². The summed E-state index contributed by atoms with van der Waals surface area (Å²) in [6, 6.07) is 12.1. The fourth-order valence-electron chi connectivity index (χ4n) is 2.48. The fourth-order valence-corrected chi connectivity index (χ4v) is 2.48. The molecule has 0 aliphatic heterocycles. The Morgan fingerprint density at radius 2 is 1.65 bits per heavy atom. The Morgan fingerprint density at radius 3 is 2.35 bits per heavy atom. The highest BCUT2D eigenvalue weighted by Gasteiger charge is 2.15. The van der Waals surface area contributed by atoms with Gasteiger partial charge in [-0.05, 0) is 48.9 Å². The van der Waals surface area contributed by atoms with Crippen molar-refractivity contribution in [3.63, 3.8) is 0 Å². The number of aromatic hydroxyl groups is 2. The second kappa shape index (κ2) is 4.93. The van der Waals surface area contributed by atoms with Crippen LogP contribution < -0.4 is 0 Å². The Morgan fingerprint density at radius 1 is 0.950 bits per heavy atom. The molecule has 20 heavy (non-hydrogen) atoms. The lowest BCUT2D eigenvalue weighted by Crippen LogP contribution is -1.85. The minimum absolute atomic E-state index is 0.236. The van der Waals surface area contributed by atoms with Gasteiger partial charge in [-0.15, -0.1) is 0 Å². The van der Waals surface area contributed by atoms with Crippen molar-refractivity contribution in [1.82, 2.24) is 0 Å². The largest absolute Gasteiger partial charge is 0.508 e. The number of furan rings is 1. The smallest absolute Gasteiger partial charge is 0.138 e. The van der Waals surface area contributed by atoms with E-state index in [2.05, 4.69) is 6.92 Å². The first-order valence-corrected chi connectivity index (χ1v) is 6.73. The highest BCUT2D eigenvalue weighted by molar-refractivity contribution is 5.89. The average Bonchev–Trinajstić information content (AvgIpc) is 2.79.